The number of anilines is 1. The number of amides is 1. The molecule has 0 saturated carbocycles. The fraction of sp³-hybridized carbons (Fsp3) is 0.250. The largest absolute Gasteiger partial charge is 0.507 e. The van der Waals surface area contributed by atoms with Crippen LogP contribution in [0.5, 0.6) is 5.75 Å². The zero-order chi connectivity index (χ0) is 32.9. The van der Waals surface area contributed by atoms with Crippen molar-refractivity contribution in [1.29, 1.82) is 0 Å². The first-order valence-corrected chi connectivity index (χ1v) is 15.9. The van der Waals surface area contributed by atoms with Crippen LogP contribution in [0.3, 0.4) is 0 Å². The van der Waals surface area contributed by atoms with E-state index in [1.54, 1.807) is 17.8 Å². The van der Waals surface area contributed by atoms with Gasteiger partial charge in [-0.2, -0.15) is 0 Å². The van der Waals surface area contributed by atoms with E-state index >= 15 is 0 Å². The van der Waals surface area contributed by atoms with E-state index in [9.17, 15) is 29.7 Å². The van der Waals surface area contributed by atoms with Crippen LogP contribution < -0.4 is 10.6 Å². The lowest BCUT2D eigenvalue weighted by Crippen LogP contribution is -2.54. The molecule has 7 rings (SSSR count). The Kier molecular flexibility index (Phi) is 7.58. The quantitative estimate of drug-likeness (QED) is 0.0663. The molecule has 2 bridgehead atoms. The Balaban J connectivity index is 1.16. The lowest BCUT2D eigenvalue weighted by molar-refractivity contribution is 0.0867. The van der Waals surface area contributed by atoms with Gasteiger partial charge in [0.1, 0.15) is 18.4 Å². The minimum atomic E-state index is -1.64. The number of hydrogen-bond acceptors (Lipinski definition) is 10. The summed E-state index contributed by atoms with van der Waals surface area (Å²) in [6.45, 7) is 1.75. The Morgan fingerprint density at radius 2 is 1.81 bits per heavy atom. The molecule has 2 aliphatic carbocycles. The van der Waals surface area contributed by atoms with Crippen molar-refractivity contribution < 1.29 is 39.2 Å². The fourth-order valence-electron chi connectivity index (χ4n) is 6.63. The number of epoxide rings is 1. The molecule has 0 aromatic heterocycles. The van der Waals surface area contributed by atoms with Gasteiger partial charge in [0.25, 0.3) is 0 Å². The van der Waals surface area contributed by atoms with Gasteiger partial charge < -0.3 is 35.4 Å². The summed E-state index contributed by atoms with van der Waals surface area (Å²) in [5.41, 5.74) is -2.32. The van der Waals surface area contributed by atoms with Gasteiger partial charge in [-0.15, -0.1) is 11.8 Å². The maximum Gasteiger partial charge on any atom is 0.407 e. The molecule has 0 radical (unpaired) electrons. The van der Waals surface area contributed by atoms with Gasteiger partial charge in [-0.05, 0) is 55.0 Å². The van der Waals surface area contributed by atoms with Crippen LogP contribution in [-0.4, -0.2) is 69.2 Å². The third-order valence-corrected chi connectivity index (χ3v) is 9.77. The molecule has 11 heteroatoms. The topological polar surface area (TPSA) is 158 Å². The highest BCUT2D eigenvalue weighted by Crippen LogP contribution is 2.67. The predicted octanol–water partition coefficient (Wildman–Crippen LogP) is 3.26. The normalized spacial score (nSPS) is 25.4. The molecule has 5 N–H and O–H groups in total. The second-order valence-corrected chi connectivity index (χ2v) is 12.6. The van der Waals surface area contributed by atoms with E-state index in [0.29, 0.717) is 11.3 Å². The van der Waals surface area contributed by atoms with E-state index in [1.807, 2.05) is 30.3 Å². The van der Waals surface area contributed by atoms with Crippen LogP contribution in [0.25, 0.3) is 0 Å². The standard InChI is InChI=1S/C36H28N2O8S/c1-20(39)35-27-11-7-2-3-8-12-28(41)36(35,46-35)25-18-26(40)29-30(31(25)38-27)32(42)23-14-13-21(17-24(23)33(29)43)19-37-34(44)45-15-16-47-22-9-5-4-6-10-22/h2-6,9-10,13-14,17-18,20,27-28,38-41H,15-16,19H2,1H3,(H,37,44)/b3-2-/t20-,27+,28?,35+,36+/m1/s1. The number of nitrogens with one attached hydrogen (secondary N) is 2. The Labute approximate surface area is 274 Å². The van der Waals surface area contributed by atoms with Gasteiger partial charge >= 0.3 is 6.09 Å². The summed E-state index contributed by atoms with van der Waals surface area (Å²) in [5, 5.41) is 39.3. The molecule has 3 aromatic carbocycles. The monoisotopic (exact) mass is 648 g/mol. The third-order valence-electron chi connectivity index (χ3n) is 8.79. The second-order valence-electron chi connectivity index (χ2n) is 11.5. The summed E-state index contributed by atoms with van der Waals surface area (Å²) in [4.78, 5) is 41.4. The number of aliphatic hydroxyl groups is 2. The molecular weight excluding hydrogens is 620 g/mol. The maximum atomic E-state index is 14.1. The summed E-state index contributed by atoms with van der Waals surface area (Å²) in [6.07, 6.45) is -0.256. The molecule has 0 spiro atoms. The number of phenols is 1. The number of allylic oxidation sites excluding steroid dienone is 2. The highest BCUT2D eigenvalue weighted by molar-refractivity contribution is 7.99. The molecule has 4 aliphatic rings. The number of fused-ring (bicyclic) bond motifs is 4. The van der Waals surface area contributed by atoms with Crippen LogP contribution in [0, 0.1) is 23.7 Å². The first kappa shape index (κ1) is 30.6. The molecule has 5 atom stereocenters. The molecule has 2 aliphatic heterocycles. The summed E-state index contributed by atoms with van der Waals surface area (Å²) in [6, 6.07) is 14.7. The van der Waals surface area contributed by atoms with Crippen molar-refractivity contribution in [2.75, 3.05) is 17.7 Å². The van der Waals surface area contributed by atoms with Gasteiger partial charge in [-0.25, -0.2) is 4.79 Å². The van der Waals surface area contributed by atoms with Crippen molar-refractivity contribution >= 4 is 35.1 Å². The van der Waals surface area contributed by atoms with E-state index in [0.717, 1.165) is 4.90 Å². The average Bonchev–Trinajstić information content (AvgIpc) is 3.80. The first-order valence-electron chi connectivity index (χ1n) is 14.9. The van der Waals surface area contributed by atoms with Gasteiger partial charge in [0.05, 0.1) is 22.9 Å². The van der Waals surface area contributed by atoms with E-state index in [1.165, 1.54) is 37.3 Å². The lowest BCUT2D eigenvalue weighted by Gasteiger charge is -2.37. The van der Waals surface area contributed by atoms with Gasteiger partial charge in [0.15, 0.2) is 28.9 Å². The second kappa shape index (κ2) is 11.6. The zero-order valence-electron chi connectivity index (χ0n) is 25.0. The van der Waals surface area contributed by atoms with Crippen LogP contribution in [0.1, 0.15) is 49.9 Å². The van der Waals surface area contributed by atoms with Gasteiger partial charge in [-0.3, -0.25) is 9.59 Å². The number of phenolic OH excluding ortho intramolecular Hbond substituents is 1. The number of aromatic hydroxyl groups is 1. The highest BCUT2D eigenvalue weighted by atomic mass is 32.2. The number of carbonyl (C=O) groups is 3. The van der Waals surface area contributed by atoms with Gasteiger partial charge in [-0.1, -0.05) is 47.9 Å². The van der Waals surface area contributed by atoms with Crippen LogP contribution >= 0.6 is 11.8 Å². The first-order chi connectivity index (χ1) is 22.7. The number of ether oxygens (including phenoxy) is 2. The molecule has 47 heavy (non-hydrogen) atoms. The third kappa shape index (κ3) is 4.79. The van der Waals surface area contributed by atoms with Crippen LogP contribution in [-0.2, 0) is 21.6 Å². The number of benzene rings is 3. The number of hydrogen-bond donors (Lipinski definition) is 5. The predicted molar refractivity (Wildman–Crippen MR) is 172 cm³/mol. The highest BCUT2D eigenvalue weighted by Gasteiger charge is 2.82. The number of alkyl carbamates (subject to hydrolysis) is 1. The minimum Gasteiger partial charge on any atom is -0.507 e. The van der Waals surface area contributed by atoms with Crippen molar-refractivity contribution in [3.8, 4) is 29.4 Å². The molecule has 3 aromatic rings. The summed E-state index contributed by atoms with van der Waals surface area (Å²) >= 11 is 1.56. The van der Waals surface area contributed by atoms with E-state index in [4.69, 9.17) is 9.47 Å². The molecule has 1 amide bonds. The fourth-order valence-corrected chi connectivity index (χ4v) is 7.38. The minimum absolute atomic E-state index is 0.0407. The summed E-state index contributed by atoms with van der Waals surface area (Å²) in [5.74, 6) is 10.2. The Morgan fingerprint density at radius 1 is 1.06 bits per heavy atom. The molecule has 236 valence electrons. The van der Waals surface area contributed by atoms with Gasteiger partial charge in [0, 0.05) is 33.9 Å². The number of aliphatic hydroxyl groups excluding tert-OH is 2. The molecule has 2 heterocycles. The average molecular weight is 649 g/mol. The Hall–Kier alpha value is -5.04. The Bertz CT molecular complexity index is 2000. The van der Waals surface area contributed by atoms with E-state index in [-0.39, 0.29) is 46.7 Å². The van der Waals surface area contributed by atoms with Crippen LogP contribution in [0.15, 0.2) is 71.6 Å². The number of rotatable bonds is 7. The summed E-state index contributed by atoms with van der Waals surface area (Å²) < 4.78 is 11.4. The van der Waals surface area contributed by atoms with Gasteiger partial charge in [0.2, 0.25) is 0 Å². The number of ketones is 2. The molecule has 1 unspecified atom stereocenters. The van der Waals surface area contributed by atoms with Crippen LogP contribution in [0.4, 0.5) is 10.5 Å². The lowest BCUT2D eigenvalue weighted by atomic mass is 9.69. The smallest absolute Gasteiger partial charge is 0.407 e. The van der Waals surface area contributed by atoms with E-state index in [2.05, 4.69) is 34.3 Å². The maximum absolute atomic E-state index is 14.1. The number of thioether (sulfide) groups is 1. The summed E-state index contributed by atoms with van der Waals surface area (Å²) in [7, 11) is 0. The van der Waals surface area contributed by atoms with Crippen molar-refractivity contribution in [2.45, 2.75) is 47.8 Å². The molecule has 10 nitrogen and oxygen atoms in total. The van der Waals surface area contributed by atoms with Crippen molar-refractivity contribution in [1.82, 2.24) is 5.32 Å². The molecule has 1 fully saturated rings. The van der Waals surface area contributed by atoms with Crippen LogP contribution in [0.2, 0.25) is 0 Å². The van der Waals surface area contributed by atoms with Crippen molar-refractivity contribution in [2.24, 2.45) is 0 Å². The van der Waals surface area contributed by atoms with Crippen molar-refractivity contribution in [3.63, 3.8) is 0 Å². The zero-order valence-corrected chi connectivity index (χ0v) is 25.8. The SMILES string of the molecule is C[C@@H](O)[C@@]12O[C@]13c1cc(O)c4c(c1N[C@H]2C#C/C=C\C#CC3O)C(=O)c1ccc(CNC(=O)OCCSc2ccccc2)cc1C4=O. The number of carbonyl (C=O) groups excluding carboxylic acids is 3. The molecular formula is C36H28N2O8S. The van der Waals surface area contributed by atoms with Crippen molar-refractivity contribution in [3.05, 3.63) is 100 Å². The molecule has 1 saturated heterocycles. The Morgan fingerprint density at radius 3 is 2.57 bits per heavy atom. The van der Waals surface area contributed by atoms with E-state index < -0.39 is 52.9 Å².